The third-order valence-corrected chi connectivity index (χ3v) is 3.55. The van der Waals surface area contributed by atoms with Gasteiger partial charge in [-0.15, -0.1) is 6.58 Å². The number of aliphatic hydroxyl groups excluding tert-OH is 1. The average Bonchev–Trinajstić information content (AvgIpc) is 2.54. The molecular formula is C17H33N3O3S. The minimum absolute atomic E-state index is 0.172. The summed E-state index contributed by atoms with van der Waals surface area (Å²) >= 11 is 5.03. The molecule has 2 atom stereocenters. The van der Waals surface area contributed by atoms with Crippen molar-refractivity contribution >= 4 is 23.2 Å². The highest BCUT2D eigenvalue weighted by Gasteiger charge is 2.22. The summed E-state index contributed by atoms with van der Waals surface area (Å²) in [5.74, 6) is -0.0314. The SMILES string of the molecule is C=CCNC(=S)NNC(=O)[C@@H](CCCC)C[C@H](O)COCC(C)C. The molecule has 7 heteroatoms. The third-order valence-electron chi connectivity index (χ3n) is 3.30. The van der Waals surface area contributed by atoms with Crippen molar-refractivity contribution in [1.29, 1.82) is 0 Å². The number of hydrogen-bond acceptors (Lipinski definition) is 4. The summed E-state index contributed by atoms with van der Waals surface area (Å²) in [5, 5.41) is 13.3. The second kappa shape index (κ2) is 14.2. The molecule has 0 radical (unpaired) electrons. The van der Waals surface area contributed by atoms with E-state index in [0.717, 1.165) is 19.3 Å². The summed E-state index contributed by atoms with van der Waals surface area (Å²) in [7, 11) is 0. The predicted molar refractivity (Wildman–Crippen MR) is 101 cm³/mol. The molecule has 0 saturated carbocycles. The van der Waals surface area contributed by atoms with Gasteiger partial charge in [-0.1, -0.05) is 39.7 Å². The van der Waals surface area contributed by atoms with E-state index in [1.165, 1.54) is 0 Å². The first-order valence-electron chi connectivity index (χ1n) is 8.61. The maximum absolute atomic E-state index is 12.3. The van der Waals surface area contributed by atoms with E-state index >= 15 is 0 Å². The number of unbranched alkanes of at least 4 members (excludes halogenated alkanes) is 1. The highest BCUT2D eigenvalue weighted by atomic mass is 32.1. The lowest BCUT2D eigenvalue weighted by atomic mass is 9.95. The Bertz CT molecular complexity index is 378. The Morgan fingerprint density at radius 3 is 2.62 bits per heavy atom. The number of amides is 1. The third kappa shape index (κ3) is 12.3. The molecule has 0 rings (SSSR count). The van der Waals surface area contributed by atoms with Crippen LogP contribution in [0.25, 0.3) is 0 Å². The maximum atomic E-state index is 12.3. The molecule has 0 bridgehead atoms. The van der Waals surface area contributed by atoms with Crippen LogP contribution in [0.3, 0.4) is 0 Å². The van der Waals surface area contributed by atoms with Crippen molar-refractivity contribution in [3.8, 4) is 0 Å². The molecule has 0 aliphatic rings. The molecule has 0 aliphatic carbocycles. The van der Waals surface area contributed by atoms with Crippen LogP contribution in [0.2, 0.25) is 0 Å². The van der Waals surface area contributed by atoms with Crippen LogP contribution in [0.15, 0.2) is 12.7 Å². The van der Waals surface area contributed by atoms with Crippen molar-refractivity contribution < 1.29 is 14.6 Å². The van der Waals surface area contributed by atoms with Gasteiger partial charge in [-0.3, -0.25) is 15.6 Å². The lowest BCUT2D eigenvalue weighted by Crippen LogP contribution is -2.49. The van der Waals surface area contributed by atoms with Crippen molar-refractivity contribution in [3.05, 3.63) is 12.7 Å². The van der Waals surface area contributed by atoms with Gasteiger partial charge in [0.05, 0.1) is 12.7 Å². The molecule has 6 nitrogen and oxygen atoms in total. The fraction of sp³-hybridized carbons (Fsp3) is 0.765. The molecule has 0 fully saturated rings. The van der Waals surface area contributed by atoms with Gasteiger partial charge in [0.25, 0.3) is 0 Å². The zero-order valence-electron chi connectivity index (χ0n) is 15.1. The van der Waals surface area contributed by atoms with Gasteiger partial charge in [0.1, 0.15) is 0 Å². The highest BCUT2D eigenvalue weighted by Crippen LogP contribution is 2.16. The number of carbonyl (C=O) groups excluding carboxylic acids is 1. The zero-order valence-corrected chi connectivity index (χ0v) is 16.0. The first kappa shape index (κ1) is 22.8. The highest BCUT2D eigenvalue weighted by molar-refractivity contribution is 7.80. The van der Waals surface area contributed by atoms with E-state index in [2.05, 4.69) is 43.5 Å². The van der Waals surface area contributed by atoms with E-state index in [4.69, 9.17) is 17.0 Å². The Hall–Kier alpha value is -1.18. The van der Waals surface area contributed by atoms with Crippen LogP contribution in [0.1, 0.15) is 46.5 Å². The monoisotopic (exact) mass is 359 g/mol. The normalized spacial score (nSPS) is 13.2. The van der Waals surface area contributed by atoms with Gasteiger partial charge in [-0.2, -0.15) is 0 Å². The van der Waals surface area contributed by atoms with Gasteiger partial charge in [-0.25, -0.2) is 0 Å². The van der Waals surface area contributed by atoms with Crippen LogP contribution in [0.4, 0.5) is 0 Å². The molecule has 0 aromatic rings. The van der Waals surface area contributed by atoms with Crippen LogP contribution >= 0.6 is 12.2 Å². The van der Waals surface area contributed by atoms with Crippen molar-refractivity contribution in [1.82, 2.24) is 16.2 Å². The second-order valence-corrected chi connectivity index (χ2v) is 6.68. The molecule has 0 saturated heterocycles. The largest absolute Gasteiger partial charge is 0.391 e. The molecule has 0 aliphatic heterocycles. The lowest BCUT2D eigenvalue weighted by molar-refractivity contribution is -0.127. The standard InChI is InChI=1S/C17H33N3O3S/c1-5-7-8-14(10-15(21)12-23-11-13(3)4)16(22)19-20-17(24)18-9-6-2/h6,13-15,21H,2,5,7-12H2,1,3-4H3,(H,19,22)(H2,18,20,24)/t14-,15-/m0/s1. The van der Waals surface area contributed by atoms with Crippen molar-refractivity contribution in [3.63, 3.8) is 0 Å². The van der Waals surface area contributed by atoms with Crippen molar-refractivity contribution in [2.45, 2.75) is 52.6 Å². The van der Waals surface area contributed by atoms with Crippen LogP contribution in [-0.4, -0.2) is 42.0 Å². The van der Waals surface area contributed by atoms with Gasteiger partial charge in [0.2, 0.25) is 5.91 Å². The molecule has 4 N–H and O–H groups in total. The summed E-state index contributed by atoms with van der Waals surface area (Å²) in [6.07, 6.45) is 4.04. The first-order valence-corrected chi connectivity index (χ1v) is 9.01. The minimum atomic E-state index is -0.651. The van der Waals surface area contributed by atoms with Gasteiger partial charge >= 0.3 is 0 Å². The van der Waals surface area contributed by atoms with E-state index in [1.54, 1.807) is 6.08 Å². The minimum Gasteiger partial charge on any atom is -0.391 e. The van der Waals surface area contributed by atoms with E-state index in [-0.39, 0.29) is 18.4 Å². The zero-order chi connectivity index (χ0) is 18.4. The molecule has 1 amide bonds. The fourth-order valence-electron chi connectivity index (χ4n) is 2.07. The number of nitrogens with one attached hydrogen (secondary N) is 3. The van der Waals surface area contributed by atoms with Crippen LogP contribution < -0.4 is 16.2 Å². The Labute approximate surface area is 151 Å². The molecule has 0 aromatic heterocycles. The molecule has 0 aromatic carbocycles. The van der Waals surface area contributed by atoms with Crippen LogP contribution in [0.5, 0.6) is 0 Å². The molecule has 0 unspecified atom stereocenters. The number of rotatable bonds is 12. The van der Waals surface area contributed by atoms with E-state index < -0.39 is 6.10 Å². The summed E-state index contributed by atoms with van der Waals surface area (Å²) in [6, 6.07) is 0. The quantitative estimate of drug-likeness (QED) is 0.242. The molecule has 0 spiro atoms. The number of aliphatic hydroxyl groups is 1. The summed E-state index contributed by atoms with van der Waals surface area (Å²) in [4.78, 5) is 12.3. The molecule has 0 heterocycles. The van der Waals surface area contributed by atoms with E-state index in [1.807, 2.05) is 0 Å². The lowest BCUT2D eigenvalue weighted by Gasteiger charge is -2.21. The Kier molecular flexibility index (Phi) is 13.5. The Balaban J connectivity index is 4.33. The van der Waals surface area contributed by atoms with Gasteiger partial charge in [0.15, 0.2) is 5.11 Å². The summed E-state index contributed by atoms with van der Waals surface area (Å²) in [6.45, 7) is 11.1. The van der Waals surface area contributed by atoms with Gasteiger partial charge in [0, 0.05) is 19.1 Å². The Morgan fingerprint density at radius 2 is 2.04 bits per heavy atom. The van der Waals surface area contributed by atoms with Gasteiger partial charge < -0.3 is 15.2 Å². The molecule has 140 valence electrons. The number of ether oxygens (including phenoxy) is 1. The van der Waals surface area contributed by atoms with Crippen LogP contribution in [0, 0.1) is 11.8 Å². The number of carbonyl (C=O) groups is 1. The number of thiocarbonyl (C=S) groups is 1. The van der Waals surface area contributed by atoms with Crippen molar-refractivity contribution in [2.24, 2.45) is 11.8 Å². The average molecular weight is 360 g/mol. The van der Waals surface area contributed by atoms with Crippen molar-refractivity contribution in [2.75, 3.05) is 19.8 Å². The number of hydrazine groups is 1. The summed E-state index contributed by atoms with van der Waals surface area (Å²) < 4.78 is 5.45. The predicted octanol–water partition coefficient (Wildman–Crippen LogP) is 1.90. The first-order chi connectivity index (χ1) is 11.4. The van der Waals surface area contributed by atoms with E-state index in [0.29, 0.717) is 30.6 Å². The van der Waals surface area contributed by atoms with Crippen LogP contribution in [-0.2, 0) is 9.53 Å². The second-order valence-electron chi connectivity index (χ2n) is 6.27. The fourth-order valence-corrected chi connectivity index (χ4v) is 2.21. The Morgan fingerprint density at radius 1 is 1.33 bits per heavy atom. The van der Waals surface area contributed by atoms with Gasteiger partial charge in [-0.05, 0) is 31.0 Å². The molecule has 24 heavy (non-hydrogen) atoms. The maximum Gasteiger partial charge on any atom is 0.241 e. The topological polar surface area (TPSA) is 82.6 Å². The molecular weight excluding hydrogens is 326 g/mol. The number of hydrogen-bond donors (Lipinski definition) is 4. The smallest absolute Gasteiger partial charge is 0.241 e. The summed E-state index contributed by atoms with van der Waals surface area (Å²) in [5.41, 5.74) is 5.27. The van der Waals surface area contributed by atoms with E-state index in [9.17, 15) is 9.90 Å².